The maximum Gasteiger partial charge on any atom is 0.307 e. The highest BCUT2D eigenvalue weighted by atomic mass is 35.5. The smallest absolute Gasteiger partial charge is 0.307 e. The van der Waals surface area contributed by atoms with Crippen LogP contribution in [0.2, 0.25) is 5.02 Å². The van der Waals surface area contributed by atoms with E-state index < -0.39 is 32.6 Å². The zero-order valence-corrected chi connectivity index (χ0v) is 11.9. The van der Waals surface area contributed by atoms with Gasteiger partial charge in [-0.2, -0.15) is 4.31 Å². The second kappa shape index (κ2) is 5.85. The summed E-state index contributed by atoms with van der Waals surface area (Å²) in [6.07, 6.45) is 0. The molecule has 1 aromatic rings. The van der Waals surface area contributed by atoms with E-state index in [-0.39, 0.29) is 11.6 Å². The molecule has 1 aromatic carbocycles. The average molecular weight is 310 g/mol. The van der Waals surface area contributed by atoms with Crippen molar-refractivity contribution in [1.82, 2.24) is 4.31 Å². The number of hydrogen-bond donors (Lipinski definition) is 1. The minimum atomic E-state index is -4.11. The third-order valence-corrected chi connectivity index (χ3v) is 4.69. The predicted octanol–water partition coefficient (Wildman–Crippen LogP) is 1.82. The highest BCUT2D eigenvalue weighted by Crippen LogP contribution is 2.24. The molecule has 0 aromatic heterocycles. The summed E-state index contributed by atoms with van der Waals surface area (Å²) in [5.41, 5.74) is 0. The van der Waals surface area contributed by atoms with Crippen molar-refractivity contribution in [2.45, 2.75) is 11.8 Å². The molecule has 1 rings (SSSR count). The first-order valence-corrected chi connectivity index (χ1v) is 7.13. The van der Waals surface area contributed by atoms with Crippen LogP contribution in [0.1, 0.15) is 6.92 Å². The van der Waals surface area contributed by atoms with Gasteiger partial charge in [-0.05, 0) is 12.1 Å². The molecule has 0 bridgehead atoms. The van der Waals surface area contributed by atoms with Gasteiger partial charge < -0.3 is 5.11 Å². The van der Waals surface area contributed by atoms with Crippen molar-refractivity contribution in [2.24, 2.45) is 5.92 Å². The van der Waals surface area contributed by atoms with Crippen LogP contribution in [0.5, 0.6) is 0 Å². The number of benzene rings is 1. The number of carboxylic acid groups (broad SMARTS) is 1. The van der Waals surface area contributed by atoms with Crippen LogP contribution in [-0.4, -0.2) is 37.4 Å². The molecule has 5 nitrogen and oxygen atoms in total. The van der Waals surface area contributed by atoms with E-state index in [9.17, 15) is 17.6 Å². The maximum atomic E-state index is 13.7. The summed E-state index contributed by atoms with van der Waals surface area (Å²) in [7, 11) is -2.92. The van der Waals surface area contributed by atoms with Crippen LogP contribution in [0.4, 0.5) is 4.39 Å². The molecule has 0 amide bonds. The van der Waals surface area contributed by atoms with E-state index in [4.69, 9.17) is 16.7 Å². The van der Waals surface area contributed by atoms with Crippen LogP contribution < -0.4 is 0 Å². The molecule has 0 fully saturated rings. The van der Waals surface area contributed by atoms with Crippen LogP contribution >= 0.6 is 11.6 Å². The molecule has 0 heterocycles. The number of halogens is 2. The lowest BCUT2D eigenvalue weighted by Crippen LogP contribution is -2.34. The van der Waals surface area contributed by atoms with E-state index in [1.165, 1.54) is 26.1 Å². The third-order valence-electron chi connectivity index (χ3n) is 2.56. The SMILES string of the molecule is CC(CN(C)S(=O)(=O)c1cccc(Cl)c1F)C(=O)O. The lowest BCUT2D eigenvalue weighted by molar-refractivity contribution is -0.141. The molecule has 19 heavy (non-hydrogen) atoms. The van der Waals surface area contributed by atoms with E-state index in [1.807, 2.05) is 0 Å². The van der Waals surface area contributed by atoms with Crippen molar-refractivity contribution in [3.05, 3.63) is 29.0 Å². The molecule has 1 atom stereocenters. The van der Waals surface area contributed by atoms with Crippen LogP contribution in [0, 0.1) is 11.7 Å². The van der Waals surface area contributed by atoms with E-state index in [2.05, 4.69) is 0 Å². The fraction of sp³-hybridized carbons (Fsp3) is 0.364. The number of hydrogen-bond acceptors (Lipinski definition) is 3. The van der Waals surface area contributed by atoms with Gasteiger partial charge in [0.15, 0.2) is 5.82 Å². The molecule has 0 aliphatic carbocycles. The van der Waals surface area contributed by atoms with Gasteiger partial charge in [-0.15, -0.1) is 0 Å². The molecule has 0 radical (unpaired) electrons. The highest BCUT2D eigenvalue weighted by Gasteiger charge is 2.28. The van der Waals surface area contributed by atoms with Crippen LogP contribution in [0.3, 0.4) is 0 Å². The van der Waals surface area contributed by atoms with Gasteiger partial charge in [-0.25, -0.2) is 12.8 Å². The molecule has 8 heteroatoms. The summed E-state index contributed by atoms with van der Waals surface area (Å²) in [5.74, 6) is -3.07. The molecule has 0 saturated heterocycles. The van der Waals surface area contributed by atoms with Crippen LogP contribution in [0.15, 0.2) is 23.1 Å². The van der Waals surface area contributed by atoms with E-state index >= 15 is 0 Å². The standard InChI is InChI=1S/C11H13ClFNO4S/c1-7(11(15)16)6-14(2)19(17,18)9-5-3-4-8(12)10(9)13/h3-5,7H,6H2,1-2H3,(H,15,16). The fourth-order valence-corrected chi connectivity index (χ4v) is 2.99. The normalized spacial score (nSPS) is 13.5. The zero-order valence-electron chi connectivity index (χ0n) is 10.3. The summed E-state index contributed by atoms with van der Waals surface area (Å²) >= 11 is 5.53. The van der Waals surface area contributed by atoms with Gasteiger partial charge >= 0.3 is 5.97 Å². The molecule has 0 aliphatic rings. The quantitative estimate of drug-likeness (QED) is 0.900. The number of rotatable bonds is 5. The van der Waals surface area contributed by atoms with Crippen molar-refractivity contribution in [2.75, 3.05) is 13.6 Å². The Morgan fingerprint density at radius 1 is 1.53 bits per heavy atom. The Bertz CT molecular complexity index is 590. The topological polar surface area (TPSA) is 74.7 Å². The Labute approximate surface area is 115 Å². The minimum absolute atomic E-state index is 0.260. The Hall–Kier alpha value is -1.18. The zero-order chi connectivity index (χ0) is 14.8. The van der Waals surface area contributed by atoms with Gasteiger partial charge in [0.2, 0.25) is 10.0 Å². The molecular formula is C11H13ClFNO4S. The minimum Gasteiger partial charge on any atom is -0.481 e. The van der Waals surface area contributed by atoms with Gasteiger partial charge in [-0.1, -0.05) is 24.6 Å². The number of sulfonamides is 1. The van der Waals surface area contributed by atoms with Gasteiger partial charge in [0.1, 0.15) is 4.90 Å². The van der Waals surface area contributed by atoms with E-state index in [1.54, 1.807) is 0 Å². The molecule has 0 spiro atoms. The summed E-state index contributed by atoms with van der Waals surface area (Å²) in [5, 5.41) is 8.44. The monoisotopic (exact) mass is 309 g/mol. The first kappa shape index (κ1) is 15.9. The van der Waals surface area contributed by atoms with Crippen molar-refractivity contribution in [3.8, 4) is 0 Å². The third kappa shape index (κ3) is 3.43. The first-order chi connectivity index (χ1) is 8.67. The Kier molecular flexibility index (Phi) is 4.89. The lowest BCUT2D eigenvalue weighted by Gasteiger charge is -2.19. The maximum absolute atomic E-state index is 13.7. The molecule has 0 saturated carbocycles. The van der Waals surface area contributed by atoms with E-state index in [0.717, 1.165) is 10.4 Å². The fourth-order valence-electron chi connectivity index (χ4n) is 1.41. The van der Waals surface area contributed by atoms with Gasteiger partial charge in [0, 0.05) is 13.6 Å². The second-order valence-corrected chi connectivity index (χ2v) is 6.50. The van der Waals surface area contributed by atoms with E-state index in [0.29, 0.717) is 0 Å². The molecule has 1 N–H and O–H groups in total. The first-order valence-electron chi connectivity index (χ1n) is 5.31. The Morgan fingerprint density at radius 3 is 2.63 bits per heavy atom. The lowest BCUT2D eigenvalue weighted by atomic mass is 10.2. The van der Waals surface area contributed by atoms with Crippen molar-refractivity contribution < 1.29 is 22.7 Å². The Balaban J connectivity index is 3.10. The van der Waals surface area contributed by atoms with Crippen molar-refractivity contribution >= 4 is 27.6 Å². The van der Waals surface area contributed by atoms with Crippen LogP contribution in [-0.2, 0) is 14.8 Å². The molecule has 0 aliphatic heterocycles. The van der Waals surface area contributed by atoms with Gasteiger partial charge in [-0.3, -0.25) is 4.79 Å². The summed E-state index contributed by atoms with van der Waals surface area (Å²) in [6, 6.07) is 3.63. The van der Waals surface area contributed by atoms with Crippen molar-refractivity contribution in [1.29, 1.82) is 0 Å². The number of nitrogens with zero attached hydrogens (tertiary/aromatic N) is 1. The van der Waals surface area contributed by atoms with Crippen molar-refractivity contribution in [3.63, 3.8) is 0 Å². The summed E-state index contributed by atoms with van der Waals surface area (Å²) in [6.45, 7) is 1.10. The number of aliphatic carboxylic acids is 1. The summed E-state index contributed by atoms with van der Waals surface area (Å²) < 4.78 is 38.7. The van der Waals surface area contributed by atoms with Gasteiger partial charge in [0.25, 0.3) is 0 Å². The Morgan fingerprint density at radius 2 is 2.11 bits per heavy atom. The average Bonchev–Trinajstić information content (AvgIpc) is 2.32. The largest absolute Gasteiger partial charge is 0.481 e. The highest BCUT2D eigenvalue weighted by molar-refractivity contribution is 7.89. The molecule has 106 valence electrons. The number of carboxylic acids is 1. The molecular weight excluding hydrogens is 297 g/mol. The summed E-state index contributed by atoms with van der Waals surface area (Å²) in [4.78, 5) is 10.1. The number of carbonyl (C=O) groups is 1. The van der Waals surface area contributed by atoms with Gasteiger partial charge in [0.05, 0.1) is 10.9 Å². The predicted molar refractivity (Wildman–Crippen MR) is 68.0 cm³/mol. The van der Waals surface area contributed by atoms with Crippen LogP contribution in [0.25, 0.3) is 0 Å². The second-order valence-electron chi connectivity index (χ2n) is 4.08. The molecule has 1 unspecified atom stereocenters.